The SMILES string of the molecule is C/C(C(=O)O)=C(\C)C(=O)O. The first kappa shape index (κ1) is 8.68. The van der Waals surface area contributed by atoms with Gasteiger partial charge in [-0.2, -0.15) is 0 Å². The van der Waals surface area contributed by atoms with Gasteiger partial charge in [0, 0.05) is 11.1 Å². The summed E-state index contributed by atoms with van der Waals surface area (Å²) in [5.41, 5.74) is -0.264. The van der Waals surface area contributed by atoms with E-state index in [0.717, 1.165) is 0 Å². The predicted molar refractivity (Wildman–Crippen MR) is 33.6 cm³/mol. The summed E-state index contributed by atoms with van der Waals surface area (Å²) in [5, 5.41) is 16.6. The summed E-state index contributed by atoms with van der Waals surface area (Å²) in [4.78, 5) is 20.2. The molecule has 0 amide bonds. The van der Waals surface area contributed by atoms with E-state index < -0.39 is 11.9 Å². The Morgan fingerprint density at radius 3 is 1.20 bits per heavy atom. The number of hydrogen-bond acceptors (Lipinski definition) is 2. The highest BCUT2D eigenvalue weighted by Gasteiger charge is 2.09. The van der Waals surface area contributed by atoms with Crippen molar-refractivity contribution in [3.63, 3.8) is 0 Å². The van der Waals surface area contributed by atoms with E-state index in [2.05, 4.69) is 0 Å². The molecule has 0 aromatic rings. The van der Waals surface area contributed by atoms with E-state index in [-0.39, 0.29) is 11.1 Å². The Kier molecular flexibility index (Phi) is 2.61. The molecule has 0 heterocycles. The number of rotatable bonds is 2. The van der Waals surface area contributed by atoms with Gasteiger partial charge in [0.2, 0.25) is 0 Å². The maximum atomic E-state index is 10.1. The Hall–Kier alpha value is -1.32. The monoisotopic (exact) mass is 144 g/mol. The molecule has 2 N–H and O–H groups in total. The quantitative estimate of drug-likeness (QED) is 0.553. The van der Waals surface area contributed by atoms with Crippen LogP contribution in [0, 0.1) is 0 Å². The van der Waals surface area contributed by atoms with Crippen LogP contribution in [0.15, 0.2) is 11.1 Å². The molecule has 10 heavy (non-hydrogen) atoms. The summed E-state index contributed by atoms with van der Waals surface area (Å²) in [6, 6.07) is 0. The fourth-order valence-electron chi connectivity index (χ4n) is 0.321. The average Bonchev–Trinajstić information content (AvgIpc) is 1.84. The van der Waals surface area contributed by atoms with Crippen LogP contribution in [0.2, 0.25) is 0 Å². The van der Waals surface area contributed by atoms with Crippen LogP contribution in [0.1, 0.15) is 13.8 Å². The molecule has 4 heteroatoms. The lowest BCUT2D eigenvalue weighted by atomic mass is 10.1. The minimum atomic E-state index is -1.19. The van der Waals surface area contributed by atoms with Crippen molar-refractivity contribution in [3.8, 4) is 0 Å². The third kappa shape index (κ3) is 1.89. The van der Waals surface area contributed by atoms with E-state index in [1.54, 1.807) is 0 Å². The lowest BCUT2D eigenvalue weighted by Gasteiger charge is -1.95. The normalized spacial score (nSPS) is 12.2. The Bertz CT molecular complexity index is 180. The zero-order valence-electron chi connectivity index (χ0n) is 5.71. The molecule has 0 aromatic heterocycles. The van der Waals surface area contributed by atoms with Gasteiger partial charge in [-0.15, -0.1) is 0 Å². The van der Waals surface area contributed by atoms with Gasteiger partial charge in [0.05, 0.1) is 0 Å². The summed E-state index contributed by atoms with van der Waals surface area (Å²) in [6.45, 7) is 2.51. The summed E-state index contributed by atoms with van der Waals surface area (Å²) < 4.78 is 0. The third-order valence-corrected chi connectivity index (χ3v) is 1.20. The van der Waals surface area contributed by atoms with E-state index in [1.807, 2.05) is 0 Å². The van der Waals surface area contributed by atoms with Crippen LogP contribution < -0.4 is 0 Å². The number of aliphatic carboxylic acids is 2. The number of carbonyl (C=O) groups is 2. The van der Waals surface area contributed by atoms with Crippen LogP contribution in [0.5, 0.6) is 0 Å². The van der Waals surface area contributed by atoms with Crippen molar-refractivity contribution in [1.82, 2.24) is 0 Å². The second kappa shape index (κ2) is 3.00. The molecule has 0 saturated heterocycles. The largest absolute Gasteiger partial charge is 0.478 e. The van der Waals surface area contributed by atoms with Crippen LogP contribution in [-0.4, -0.2) is 22.2 Å². The molecule has 0 unspecified atom stereocenters. The van der Waals surface area contributed by atoms with Gasteiger partial charge in [-0.1, -0.05) is 0 Å². The zero-order chi connectivity index (χ0) is 8.31. The fraction of sp³-hybridized carbons (Fsp3) is 0.333. The number of carboxylic acid groups (broad SMARTS) is 2. The second-order valence-electron chi connectivity index (χ2n) is 1.86. The highest BCUT2D eigenvalue weighted by Crippen LogP contribution is 2.02. The molecule has 0 atom stereocenters. The van der Waals surface area contributed by atoms with E-state index >= 15 is 0 Å². The Morgan fingerprint density at radius 1 is 0.900 bits per heavy atom. The molecule has 0 aromatic carbocycles. The topological polar surface area (TPSA) is 74.6 Å². The van der Waals surface area contributed by atoms with Crippen molar-refractivity contribution < 1.29 is 19.8 Å². The molecule has 0 aliphatic rings. The smallest absolute Gasteiger partial charge is 0.331 e. The van der Waals surface area contributed by atoms with Gasteiger partial charge < -0.3 is 10.2 Å². The van der Waals surface area contributed by atoms with Gasteiger partial charge in [0.1, 0.15) is 0 Å². The summed E-state index contributed by atoms with van der Waals surface area (Å²) >= 11 is 0. The highest BCUT2D eigenvalue weighted by molar-refractivity contribution is 5.97. The third-order valence-electron chi connectivity index (χ3n) is 1.20. The van der Waals surface area contributed by atoms with Crippen molar-refractivity contribution in [2.45, 2.75) is 13.8 Å². The van der Waals surface area contributed by atoms with Gasteiger partial charge in [0.15, 0.2) is 0 Å². The predicted octanol–water partition coefficient (Wildman–Crippen LogP) is 0.492. The van der Waals surface area contributed by atoms with Crippen molar-refractivity contribution in [1.29, 1.82) is 0 Å². The minimum Gasteiger partial charge on any atom is -0.478 e. The molecular weight excluding hydrogens is 136 g/mol. The summed E-state index contributed by atoms with van der Waals surface area (Å²) in [6.07, 6.45) is 0. The Labute approximate surface area is 57.8 Å². The molecular formula is C6H8O4. The molecule has 0 radical (unpaired) electrons. The first-order valence-electron chi connectivity index (χ1n) is 2.61. The maximum Gasteiger partial charge on any atom is 0.331 e. The molecule has 0 fully saturated rings. The van der Waals surface area contributed by atoms with Gasteiger partial charge >= 0.3 is 11.9 Å². The van der Waals surface area contributed by atoms with Crippen molar-refractivity contribution in [2.24, 2.45) is 0 Å². The van der Waals surface area contributed by atoms with E-state index in [1.165, 1.54) is 13.8 Å². The molecule has 0 saturated carbocycles. The molecule has 0 bridgehead atoms. The van der Waals surface area contributed by atoms with Crippen LogP contribution in [-0.2, 0) is 9.59 Å². The summed E-state index contributed by atoms with van der Waals surface area (Å²) in [5.74, 6) is -2.39. The molecule has 0 spiro atoms. The first-order valence-corrected chi connectivity index (χ1v) is 2.61. The molecule has 0 aliphatic heterocycles. The average molecular weight is 144 g/mol. The molecule has 4 nitrogen and oxygen atoms in total. The standard InChI is InChI=1S/C6H8O4/c1-3(5(7)8)4(2)6(9)10/h1-2H3,(H,7,8)(H,9,10)/b4-3-. The van der Waals surface area contributed by atoms with Crippen molar-refractivity contribution >= 4 is 11.9 Å². The molecule has 0 aliphatic carbocycles. The van der Waals surface area contributed by atoms with E-state index in [4.69, 9.17) is 10.2 Å². The molecule has 0 rings (SSSR count). The van der Waals surface area contributed by atoms with E-state index in [9.17, 15) is 9.59 Å². The number of carboxylic acids is 2. The van der Waals surface area contributed by atoms with Crippen molar-refractivity contribution in [2.75, 3.05) is 0 Å². The van der Waals surface area contributed by atoms with Gasteiger partial charge in [-0.25, -0.2) is 9.59 Å². The van der Waals surface area contributed by atoms with Gasteiger partial charge in [0.25, 0.3) is 0 Å². The highest BCUT2D eigenvalue weighted by atomic mass is 16.4. The Morgan fingerprint density at radius 2 is 1.10 bits per heavy atom. The lowest BCUT2D eigenvalue weighted by molar-refractivity contribution is -0.135. The zero-order valence-corrected chi connectivity index (χ0v) is 5.71. The van der Waals surface area contributed by atoms with Crippen LogP contribution in [0.4, 0.5) is 0 Å². The van der Waals surface area contributed by atoms with Crippen molar-refractivity contribution in [3.05, 3.63) is 11.1 Å². The lowest BCUT2D eigenvalue weighted by Crippen LogP contribution is -2.06. The minimum absolute atomic E-state index is 0.132. The van der Waals surface area contributed by atoms with Crippen LogP contribution >= 0.6 is 0 Å². The van der Waals surface area contributed by atoms with Gasteiger partial charge in [-0.3, -0.25) is 0 Å². The number of hydrogen-bond donors (Lipinski definition) is 2. The molecule has 56 valence electrons. The summed E-state index contributed by atoms with van der Waals surface area (Å²) in [7, 11) is 0. The van der Waals surface area contributed by atoms with Gasteiger partial charge in [-0.05, 0) is 13.8 Å². The van der Waals surface area contributed by atoms with E-state index in [0.29, 0.717) is 0 Å². The Balaban J connectivity index is 4.67. The van der Waals surface area contributed by atoms with Crippen LogP contribution in [0.3, 0.4) is 0 Å². The first-order chi connectivity index (χ1) is 4.46. The second-order valence-corrected chi connectivity index (χ2v) is 1.86. The van der Waals surface area contributed by atoms with Crippen LogP contribution in [0.25, 0.3) is 0 Å². The fourth-order valence-corrected chi connectivity index (χ4v) is 0.321. The maximum absolute atomic E-state index is 10.1.